The molecule has 0 saturated carbocycles. The van der Waals surface area contributed by atoms with Crippen molar-refractivity contribution in [2.24, 2.45) is 7.05 Å². The van der Waals surface area contributed by atoms with Gasteiger partial charge in [0.05, 0.1) is 65.0 Å². The number of hydrogen-bond acceptors (Lipinski definition) is 9. The van der Waals surface area contributed by atoms with Crippen molar-refractivity contribution < 1.29 is 45.4 Å². The maximum absolute atomic E-state index is 13.7. The van der Waals surface area contributed by atoms with Gasteiger partial charge in [-0.3, -0.25) is 9.59 Å². The van der Waals surface area contributed by atoms with Gasteiger partial charge in [0, 0.05) is 43.4 Å². The Morgan fingerprint density at radius 1 is 0.662 bits per heavy atom. The molecule has 1 aliphatic rings. The lowest BCUT2D eigenvalue weighted by Gasteiger charge is -2.30. The predicted octanol–water partition coefficient (Wildman–Crippen LogP) is 10.2. The van der Waals surface area contributed by atoms with Crippen molar-refractivity contribution in [1.82, 2.24) is 44.1 Å². The maximum Gasteiger partial charge on any atom is 0.416 e. The summed E-state index contributed by atoms with van der Waals surface area (Å²) >= 11 is 0. The number of alkyl halides is 6. The average Bonchev–Trinajstić information content (AvgIpc) is 4.24. The summed E-state index contributed by atoms with van der Waals surface area (Å²) in [5.41, 5.74) is 3.15. The number of rotatable bonds is 13. The number of nitrogens with zero attached hydrogens (tertiary/aromatic N) is 8. The molecule has 9 aromatic rings. The van der Waals surface area contributed by atoms with Crippen LogP contribution in [-0.2, 0) is 68.7 Å². The molecule has 0 radical (unpaired) electrons. The predicted molar refractivity (Wildman–Crippen MR) is 262 cm³/mol. The molecule has 1 N–H and O–H groups in total. The standard InChI is InChI=1S/C28H24F3N5O2.C27H25F3N4O2/c1-27(14-19-6-4-3-5-7-19,26(37)38-17-22-16-35(2)18-33-22)24-12-13-32-25-23(15-34-36(24)25)20-8-10-21(11-9-20)28(29,30)31;1-26(15-18-5-3-2-4-6-18,25(35)33-21-12-14-36-17-21)23-11-13-31-24-22(16-32-34(23)24)19-7-9-20(10-8-19)27(28,29)30/h3-13,15-16,18H,14,17H2,1-2H3;2-11,13,16,21H,12,14-15,17H2,1H3,(H,33,35). The molecule has 1 saturated heterocycles. The minimum Gasteiger partial charge on any atom is -0.458 e. The molecule has 5 aromatic heterocycles. The van der Waals surface area contributed by atoms with Crippen LogP contribution in [0.3, 0.4) is 0 Å². The van der Waals surface area contributed by atoms with Crippen molar-refractivity contribution >= 4 is 23.2 Å². The first-order valence-electron chi connectivity index (χ1n) is 23.5. The van der Waals surface area contributed by atoms with Gasteiger partial charge in [-0.2, -0.15) is 36.5 Å². The number of carbonyl (C=O) groups is 2. The second-order valence-corrected chi connectivity index (χ2v) is 18.5. The van der Waals surface area contributed by atoms with Crippen molar-refractivity contribution in [3.05, 3.63) is 198 Å². The van der Waals surface area contributed by atoms with E-state index in [9.17, 15) is 35.9 Å². The highest BCUT2D eigenvalue weighted by atomic mass is 19.4. The number of imidazole rings is 1. The SMILES string of the molecule is CC(Cc1ccccc1)(C(=O)NC1CCOC1)c1ccnc2c(-c3ccc(C(F)(F)F)cc3)cnn12.Cn1cnc(COC(=O)C(C)(Cc2ccccc2)c2ccnc3c(-c4ccc(C(F)(F)F)cc4)cnn23)c1. The van der Waals surface area contributed by atoms with Gasteiger partial charge in [0.15, 0.2) is 11.3 Å². The van der Waals surface area contributed by atoms with Crippen LogP contribution in [0.5, 0.6) is 0 Å². The van der Waals surface area contributed by atoms with E-state index < -0.39 is 40.3 Å². The smallest absolute Gasteiger partial charge is 0.416 e. The number of ether oxygens (including phenoxy) is 2. The molecule has 380 valence electrons. The van der Waals surface area contributed by atoms with Gasteiger partial charge in [-0.1, -0.05) is 84.9 Å². The molecule has 3 atom stereocenters. The minimum absolute atomic E-state index is 0.00813. The fourth-order valence-corrected chi connectivity index (χ4v) is 9.10. The van der Waals surface area contributed by atoms with E-state index in [2.05, 4.69) is 30.5 Å². The molecule has 1 amide bonds. The summed E-state index contributed by atoms with van der Waals surface area (Å²) in [6, 6.07) is 32.4. The first-order chi connectivity index (χ1) is 35.4. The number of halogens is 6. The Bertz CT molecular complexity index is 3390. The van der Waals surface area contributed by atoms with E-state index in [4.69, 9.17) is 9.47 Å². The van der Waals surface area contributed by atoms with Crippen molar-refractivity contribution in [1.29, 1.82) is 0 Å². The number of esters is 1. The van der Waals surface area contributed by atoms with Gasteiger partial charge in [-0.05, 0) is 91.8 Å². The highest BCUT2D eigenvalue weighted by molar-refractivity contribution is 5.89. The third-order valence-electron chi connectivity index (χ3n) is 13.1. The molecule has 0 bridgehead atoms. The van der Waals surface area contributed by atoms with Crippen LogP contribution in [0.25, 0.3) is 33.5 Å². The third kappa shape index (κ3) is 10.8. The summed E-state index contributed by atoms with van der Waals surface area (Å²) in [6.45, 7) is 4.75. The second kappa shape index (κ2) is 20.7. The number of carbonyl (C=O) groups excluding carboxylic acids is 2. The van der Waals surface area contributed by atoms with E-state index in [1.54, 1.807) is 63.8 Å². The Kier molecular flexibility index (Phi) is 14.2. The minimum atomic E-state index is -4.43. The molecule has 19 heteroatoms. The van der Waals surface area contributed by atoms with Crippen LogP contribution in [0.4, 0.5) is 26.3 Å². The van der Waals surface area contributed by atoms with Gasteiger partial charge in [0.2, 0.25) is 5.91 Å². The van der Waals surface area contributed by atoms with Crippen LogP contribution >= 0.6 is 0 Å². The van der Waals surface area contributed by atoms with E-state index in [-0.39, 0.29) is 18.6 Å². The number of benzene rings is 4. The van der Waals surface area contributed by atoms with E-state index in [1.807, 2.05) is 74.6 Å². The number of fused-ring (bicyclic) bond motifs is 2. The van der Waals surface area contributed by atoms with Gasteiger partial charge in [0.1, 0.15) is 12.0 Å². The largest absolute Gasteiger partial charge is 0.458 e. The molecule has 1 aliphatic heterocycles. The molecule has 1 fully saturated rings. The summed E-state index contributed by atoms with van der Waals surface area (Å²) in [4.78, 5) is 40.5. The molecule has 0 aliphatic carbocycles. The van der Waals surface area contributed by atoms with E-state index in [0.29, 0.717) is 76.7 Å². The Hall–Kier alpha value is -8.19. The Labute approximate surface area is 420 Å². The third-order valence-corrected chi connectivity index (χ3v) is 13.1. The first kappa shape index (κ1) is 50.7. The molecule has 13 nitrogen and oxygen atoms in total. The molecule has 10 rings (SSSR count). The Morgan fingerprint density at radius 3 is 1.59 bits per heavy atom. The number of hydrogen-bond donors (Lipinski definition) is 1. The summed E-state index contributed by atoms with van der Waals surface area (Å²) in [7, 11) is 1.83. The molecular weight excluding hydrogens is 965 g/mol. The Morgan fingerprint density at radius 2 is 1.15 bits per heavy atom. The van der Waals surface area contributed by atoms with Gasteiger partial charge in [-0.15, -0.1) is 0 Å². The highest BCUT2D eigenvalue weighted by Gasteiger charge is 2.42. The van der Waals surface area contributed by atoms with Crippen LogP contribution < -0.4 is 5.32 Å². The van der Waals surface area contributed by atoms with Crippen LogP contribution in [0.15, 0.2) is 159 Å². The summed E-state index contributed by atoms with van der Waals surface area (Å²) in [5, 5.41) is 12.1. The van der Waals surface area contributed by atoms with Gasteiger partial charge >= 0.3 is 18.3 Å². The van der Waals surface area contributed by atoms with Crippen molar-refractivity contribution in [2.45, 2.75) is 68.9 Å². The first-order valence-corrected chi connectivity index (χ1v) is 23.5. The van der Waals surface area contributed by atoms with Crippen LogP contribution in [0.2, 0.25) is 0 Å². The summed E-state index contributed by atoms with van der Waals surface area (Å²) in [6.07, 6.45) is 2.33. The fourth-order valence-electron chi connectivity index (χ4n) is 9.10. The maximum atomic E-state index is 13.7. The van der Waals surface area contributed by atoms with E-state index in [1.165, 1.54) is 30.5 Å². The monoisotopic (exact) mass is 1010 g/mol. The zero-order chi connectivity index (χ0) is 52.3. The van der Waals surface area contributed by atoms with Crippen LogP contribution in [-0.4, -0.2) is 69.9 Å². The quantitative estimate of drug-likeness (QED) is 0.0882. The lowest BCUT2D eigenvalue weighted by molar-refractivity contribution is -0.152. The normalized spacial score (nSPS) is 15.5. The topological polar surface area (TPSA) is 143 Å². The number of nitrogens with one attached hydrogen (secondary N) is 1. The van der Waals surface area contributed by atoms with Gasteiger partial charge in [-0.25, -0.2) is 24.0 Å². The Balaban J connectivity index is 0.000000182. The van der Waals surface area contributed by atoms with Crippen LogP contribution in [0.1, 0.15) is 59.6 Å². The van der Waals surface area contributed by atoms with Crippen molar-refractivity contribution in [3.8, 4) is 22.3 Å². The summed E-state index contributed by atoms with van der Waals surface area (Å²) < 4.78 is 94.3. The van der Waals surface area contributed by atoms with E-state index in [0.717, 1.165) is 41.8 Å². The van der Waals surface area contributed by atoms with Crippen molar-refractivity contribution in [3.63, 3.8) is 0 Å². The molecule has 74 heavy (non-hydrogen) atoms. The fraction of sp³-hybridized carbons (Fsp3) is 0.255. The van der Waals surface area contributed by atoms with Crippen LogP contribution in [0, 0.1) is 0 Å². The number of aromatic nitrogens is 8. The molecule has 6 heterocycles. The molecule has 4 aromatic carbocycles. The number of amides is 1. The lowest BCUT2D eigenvalue weighted by Crippen LogP contribution is -2.49. The molecular formula is C55H49F6N9O4. The molecule has 0 spiro atoms. The van der Waals surface area contributed by atoms with E-state index >= 15 is 0 Å². The van der Waals surface area contributed by atoms with Gasteiger partial charge < -0.3 is 19.4 Å². The second-order valence-electron chi connectivity index (χ2n) is 18.5. The molecule has 3 unspecified atom stereocenters. The summed E-state index contributed by atoms with van der Waals surface area (Å²) in [5.74, 6) is -0.619. The zero-order valence-electron chi connectivity index (χ0n) is 40.3. The highest BCUT2D eigenvalue weighted by Crippen LogP contribution is 2.37. The number of aryl methyl sites for hydroxylation is 1. The zero-order valence-corrected chi connectivity index (χ0v) is 40.3. The van der Waals surface area contributed by atoms with Crippen molar-refractivity contribution in [2.75, 3.05) is 13.2 Å². The average molecular weight is 1010 g/mol. The lowest BCUT2D eigenvalue weighted by atomic mass is 9.79. The van der Waals surface area contributed by atoms with Gasteiger partial charge in [0.25, 0.3) is 0 Å².